The highest BCUT2D eigenvalue weighted by atomic mass is 16.6. The Balaban J connectivity index is 1.52. The largest absolute Gasteiger partial charge is 0.508 e. The predicted molar refractivity (Wildman–Crippen MR) is 158 cm³/mol. The number of aromatic amines is 1. The summed E-state index contributed by atoms with van der Waals surface area (Å²) >= 11 is 0. The number of benzene rings is 3. The number of amides is 2. The standard InChI is InChI=1S/C31H24N4O10/c36-11-19-26(39)27(40)28(41)31(45-19)34-18-9-13(38)4-6-16(18)21-23-22(29(42)35(30(23)43)32-10-14-2-1-7-44-14)20-15-5-3-12(37)8-17(15)33-24(20)25(21)34/h1-10,19,26-28,31,33,36-41H,11H2/b32-10+/t19-,26-,27+,28-,31-/m1/s1. The third-order valence-electron chi connectivity index (χ3n) is 8.53. The topological polar surface area (TPSA) is 214 Å². The number of carbonyl (C=O) groups excluding carboxylic acids is 2. The summed E-state index contributed by atoms with van der Waals surface area (Å²) in [5.74, 6) is -1.39. The lowest BCUT2D eigenvalue weighted by molar-refractivity contribution is -0.249. The van der Waals surface area contributed by atoms with Gasteiger partial charge in [0.25, 0.3) is 11.8 Å². The number of H-pyrrole nitrogens is 1. The van der Waals surface area contributed by atoms with Gasteiger partial charge in [0, 0.05) is 33.7 Å². The first-order chi connectivity index (χ1) is 21.7. The molecule has 1 saturated heterocycles. The van der Waals surface area contributed by atoms with Crippen LogP contribution in [-0.2, 0) is 4.74 Å². The molecule has 3 aromatic carbocycles. The van der Waals surface area contributed by atoms with E-state index < -0.39 is 49.1 Å². The number of aliphatic hydroxyl groups excluding tert-OH is 4. The van der Waals surface area contributed by atoms with Crippen LogP contribution in [0.15, 0.2) is 64.3 Å². The van der Waals surface area contributed by atoms with Crippen LogP contribution < -0.4 is 0 Å². The van der Waals surface area contributed by atoms with Crippen LogP contribution in [0.3, 0.4) is 0 Å². The second kappa shape index (κ2) is 9.62. The summed E-state index contributed by atoms with van der Waals surface area (Å²) in [7, 11) is 0. The van der Waals surface area contributed by atoms with Crippen molar-refractivity contribution < 1.29 is 49.4 Å². The molecule has 5 heterocycles. The second-order valence-corrected chi connectivity index (χ2v) is 11.1. The van der Waals surface area contributed by atoms with Crippen molar-refractivity contribution in [1.82, 2.24) is 14.6 Å². The van der Waals surface area contributed by atoms with E-state index >= 15 is 0 Å². The van der Waals surface area contributed by atoms with Gasteiger partial charge >= 0.3 is 0 Å². The number of nitrogens with zero attached hydrogens (tertiary/aromatic N) is 3. The Morgan fingerprint density at radius 1 is 0.889 bits per heavy atom. The summed E-state index contributed by atoms with van der Waals surface area (Å²) in [6.07, 6.45) is -5.15. The predicted octanol–water partition coefficient (Wildman–Crippen LogP) is 2.04. The van der Waals surface area contributed by atoms with Gasteiger partial charge in [-0.15, -0.1) is 0 Å². The fraction of sp³-hybridized carbons (Fsp3) is 0.194. The van der Waals surface area contributed by atoms with E-state index in [1.807, 2.05) is 0 Å². The zero-order valence-electron chi connectivity index (χ0n) is 23.0. The van der Waals surface area contributed by atoms with Gasteiger partial charge in [-0.25, -0.2) is 0 Å². The Labute approximate surface area is 251 Å². The first-order valence-electron chi connectivity index (χ1n) is 13.9. The number of carbonyl (C=O) groups is 2. The number of imide groups is 1. The average Bonchev–Trinajstić information content (AvgIpc) is 3.79. The Morgan fingerprint density at radius 3 is 2.31 bits per heavy atom. The van der Waals surface area contributed by atoms with Gasteiger partial charge < -0.3 is 49.3 Å². The lowest BCUT2D eigenvalue weighted by atomic mass is 9.96. The normalized spacial score (nSPS) is 23.9. The van der Waals surface area contributed by atoms with Crippen molar-refractivity contribution >= 4 is 61.6 Å². The van der Waals surface area contributed by atoms with Crippen molar-refractivity contribution in [2.24, 2.45) is 5.10 Å². The number of rotatable bonds is 4. The average molecular weight is 613 g/mol. The molecular weight excluding hydrogens is 588 g/mol. The number of aromatic hydroxyl groups is 2. The molecule has 2 aliphatic heterocycles. The van der Waals surface area contributed by atoms with Crippen molar-refractivity contribution in [2.75, 3.05) is 6.61 Å². The van der Waals surface area contributed by atoms with Gasteiger partial charge in [0.2, 0.25) is 0 Å². The molecule has 7 N–H and O–H groups in total. The molecule has 6 aromatic rings. The maximum atomic E-state index is 14.2. The molecule has 14 heteroatoms. The van der Waals surface area contributed by atoms with Crippen LogP contribution >= 0.6 is 0 Å². The van der Waals surface area contributed by atoms with Crippen molar-refractivity contribution in [2.45, 2.75) is 30.6 Å². The van der Waals surface area contributed by atoms with Crippen molar-refractivity contribution in [3.63, 3.8) is 0 Å². The molecule has 8 rings (SSSR count). The molecule has 0 saturated carbocycles. The van der Waals surface area contributed by atoms with Crippen LogP contribution in [0.1, 0.15) is 32.7 Å². The second-order valence-electron chi connectivity index (χ2n) is 11.1. The summed E-state index contributed by atoms with van der Waals surface area (Å²) in [5.41, 5.74) is 1.27. The zero-order valence-corrected chi connectivity index (χ0v) is 23.0. The maximum absolute atomic E-state index is 14.2. The number of furan rings is 1. The summed E-state index contributed by atoms with van der Waals surface area (Å²) in [6, 6.07) is 12.0. The van der Waals surface area contributed by atoms with E-state index in [0.29, 0.717) is 33.0 Å². The van der Waals surface area contributed by atoms with Gasteiger partial charge in [0.1, 0.15) is 41.7 Å². The lowest BCUT2D eigenvalue weighted by Gasteiger charge is -2.41. The zero-order chi connectivity index (χ0) is 31.3. The summed E-state index contributed by atoms with van der Waals surface area (Å²) in [6.45, 7) is -0.685. The highest BCUT2D eigenvalue weighted by molar-refractivity contribution is 6.39. The third-order valence-corrected chi connectivity index (χ3v) is 8.53. The fourth-order valence-corrected chi connectivity index (χ4v) is 6.55. The van der Waals surface area contributed by atoms with Crippen molar-refractivity contribution in [3.05, 3.63) is 71.7 Å². The molecule has 0 bridgehead atoms. The smallest absolute Gasteiger partial charge is 0.283 e. The van der Waals surface area contributed by atoms with Crippen LogP contribution in [-0.4, -0.2) is 94.3 Å². The lowest BCUT2D eigenvalue weighted by Crippen LogP contribution is -2.56. The Morgan fingerprint density at radius 2 is 1.60 bits per heavy atom. The van der Waals surface area contributed by atoms with Crippen molar-refractivity contribution in [1.29, 1.82) is 0 Å². The third kappa shape index (κ3) is 3.71. The van der Waals surface area contributed by atoms with Gasteiger partial charge in [-0.05, 0) is 36.4 Å². The van der Waals surface area contributed by atoms with E-state index in [2.05, 4.69) is 10.1 Å². The number of hydrogen-bond donors (Lipinski definition) is 7. The first-order valence-corrected chi connectivity index (χ1v) is 13.9. The molecule has 45 heavy (non-hydrogen) atoms. The number of hydrogen-bond acceptors (Lipinski definition) is 11. The van der Waals surface area contributed by atoms with Gasteiger partial charge in [-0.3, -0.25) is 9.59 Å². The Kier molecular flexibility index (Phi) is 5.84. The molecule has 2 amide bonds. The molecule has 2 aliphatic rings. The number of phenolic OH excluding ortho intramolecular Hbond substituents is 2. The highest BCUT2D eigenvalue weighted by Crippen LogP contribution is 2.48. The quantitative estimate of drug-likeness (QED) is 0.114. The van der Waals surface area contributed by atoms with E-state index in [1.54, 1.807) is 24.3 Å². The van der Waals surface area contributed by atoms with E-state index in [4.69, 9.17) is 9.15 Å². The van der Waals surface area contributed by atoms with E-state index in [-0.39, 0.29) is 39.0 Å². The number of ether oxygens (including phenoxy) is 1. The van der Waals surface area contributed by atoms with E-state index in [9.17, 15) is 40.2 Å². The monoisotopic (exact) mass is 612 g/mol. The molecule has 0 radical (unpaired) electrons. The highest BCUT2D eigenvalue weighted by Gasteiger charge is 2.47. The number of fused-ring (bicyclic) bond motifs is 10. The summed E-state index contributed by atoms with van der Waals surface area (Å²) in [4.78, 5) is 31.4. The van der Waals surface area contributed by atoms with E-state index in [1.165, 1.54) is 41.3 Å². The van der Waals surface area contributed by atoms with Crippen LogP contribution in [0.25, 0.3) is 43.6 Å². The van der Waals surface area contributed by atoms with Gasteiger partial charge in [0.05, 0.1) is 52.3 Å². The van der Waals surface area contributed by atoms with Gasteiger partial charge in [-0.1, -0.05) is 0 Å². The molecule has 0 aliphatic carbocycles. The number of aromatic nitrogens is 2. The van der Waals surface area contributed by atoms with Gasteiger partial charge in [-0.2, -0.15) is 10.1 Å². The maximum Gasteiger partial charge on any atom is 0.283 e. The SMILES string of the molecule is O=C1c2c(c3c4ccc(O)cc4n([C@@H]4O[C@H](CO)[C@@H](O)[C@H](O)[C@H]4O)c3c3[nH]c4cc(O)ccc4c23)C(=O)N1/N=C/c1ccco1. The Hall–Kier alpha value is -5.25. The summed E-state index contributed by atoms with van der Waals surface area (Å²) in [5, 5.41) is 69.5. The number of hydrazone groups is 1. The van der Waals surface area contributed by atoms with E-state index in [0.717, 1.165) is 5.01 Å². The molecule has 0 spiro atoms. The number of nitrogens with one attached hydrogen (secondary N) is 1. The minimum atomic E-state index is -1.73. The first kappa shape index (κ1) is 27.3. The molecule has 1 fully saturated rings. The minimum absolute atomic E-state index is 0.00731. The van der Waals surface area contributed by atoms with Crippen LogP contribution in [0.2, 0.25) is 0 Å². The summed E-state index contributed by atoms with van der Waals surface area (Å²) < 4.78 is 12.7. The fourth-order valence-electron chi connectivity index (χ4n) is 6.55. The van der Waals surface area contributed by atoms with Crippen molar-refractivity contribution in [3.8, 4) is 11.5 Å². The molecular formula is C31H24N4O10. The molecule has 5 atom stereocenters. The molecule has 0 unspecified atom stereocenters. The molecule has 14 nitrogen and oxygen atoms in total. The number of phenols is 2. The minimum Gasteiger partial charge on any atom is -0.508 e. The number of aliphatic hydroxyl groups is 4. The molecule has 3 aromatic heterocycles. The Bertz CT molecular complexity index is 2230. The molecule has 228 valence electrons. The van der Waals surface area contributed by atoms with Crippen LogP contribution in [0.5, 0.6) is 11.5 Å². The van der Waals surface area contributed by atoms with Crippen LogP contribution in [0, 0.1) is 0 Å². The van der Waals surface area contributed by atoms with Crippen LogP contribution in [0.4, 0.5) is 0 Å². The van der Waals surface area contributed by atoms with Gasteiger partial charge in [0.15, 0.2) is 6.23 Å².